The summed E-state index contributed by atoms with van der Waals surface area (Å²) in [6, 6.07) is 45.2. The minimum Gasteiger partial charge on any atom is -0.509 e. The monoisotopic (exact) mass is 1020 g/mol. The molecule has 3 aliphatic rings. The zero-order chi connectivity index (χ0) is 44.6. The Hall–Kier alpha value is -5.38. The van der Waals surface area contributed by atoms with Crippen molar-refractivity contribution < 1.29 is 25.8 Å². The molecule has 6 aromatic carbocycles. The normalized spacial score (nSPS) is 14.8. The van der Waals surface area contributed by atoms with Crippen LogP contribution in [0, 0.1) is 18.8 Å². The second kappa shape index (κ2) is 14.8. The third kappa shape index (κ3) is 6.79. The molecule has 0 atom stereocenters. The molecule has 2 aliphatic heterocycles. The van der Waals surface area contributed by atoms with Crippen molar-refractivity contribution in [1.29, 1.82) is 0 Å². The van der Waals surface area contributed by atoms with Crippen molar-refractivity contribution in [2.45, 2.75) is 110 Å². The molecule has 7 aromatic rings. The molecule has 1 aromatic heterocycles. The van der Waals surface area contributed by atoms with Gasteiger partial charge in [0.2, 0.25) is 0 Å². The van der Waals surface area contributed by atoms with Gasteiger partial charge in [-0.15, -0.1) is 35.9 Å². The van der Waals surface area contributed by atoms with E-state index in [-0.39, 0.29) is 42.7 Å². The van der Waals surface area contributed by atoms with E-state index in [1.165, 1.54) is 67.0 Å². The van der Waals surface area contributed by atoms with Crippen LogP contribution in [0.4, 0.5) is 17.1 Å². The van der Waals surface area contributed by atoms with E-state index in [1.807, 2.05) is 53.5 Å². The van der Waals surface area contributed by atoms with Gasteiger partial charge in [0.05, 0.1) is 6.20 Å². The maximum atomic E-state index is 6.77. The number of para-hydroxylation sites is 1. The molecule has 0 radical (unpaired) electrons. The second-order valence-electron chi connectivity index (χ2n) is 22.0. The minimum absolute atomic E-state index is 0. The number of benzene rings is 6. The maximum Gasteiger partial charge on any atom is 0.0571 e. The molecule has 0 saturated heterocycles. The molecule has 64 heavy (non-hydrogen) atoms. The van der Waals surface area contributed by atoms with Gasteiger partial charge in [-0.05, 0) is 96.1 Å². The predicted octanol–water partition coefficient (Wildman–Crippen LogP) is 14.5. The minimum atomic E-state index is -0.656. The molecule has 6 heteroatoms. The molecule has 330 valence electrons. The standard InChI is InChI=1S/C58H59N4O.Pt/c1-54(2,3)38-27-43-44-28-39(55(4,5)6)30-48(57(10,11)12)52(44)58(51(43)47(29-38)56(7,8)9)45-26-25-42(32-50(45)61-35-60(13)49-24-18-23-46(58)53(49)61)63-41-22-17-21-40(31-41)62-34-37(33-59-62)36-19-15-14-16-20-36;/h14-30,33-35H,1-13H3;/q-3;. The van der Waals surface area contributed by atoms with Gasteiger partial charge in [0.15, 0.2) is 0 Å². The van der Waals surface area contributed by atoms with E-state index in [1.54, 1.807) is 0 Å². The maximum absolute atomic E-state index is 6.77. The van der Waals surface area contributed by atoms with Crippen LogP contribution in [0.1, 0.15) is 128 Å². The zero-order valence-electron chi connectivity index (χ0n) is 39.6. The van der Waals surface area contributed by atoms with E-state index in [4.69, 9.17) is 9.84 Å². The van der Waals surface area contributed by atoms with Crippen LogP contribution in [0.2, 0.25) is 0 Å². The van der Waals surface area contributed by atoms with Crippen LogP contribution in [0.3, 0.4) is 0 Å². The van der Waals surface area contributed by atoms with E-state index in [0.717, 1.165) is 22.5 Å². The number of rotatable bonds is 4. The fraction of sp³-hybridized carbons (Fsp3) is 0.310. The number of anilines is 3. The Bertz CT molecular complexity index is 2890. The quantitative estimate of drug-likeness (QED) is 0.165. The van der Waals surface area contributed by atoms with Gasteiger partial charge in [-0.3, -0.25) is 4.68 Å². The SMILES string of the molecule is CN1[CH-]N2c3[c-]c(Oc4[c-]c(-n5cc(-c6ccccc6)cn5)ccc4)ccc3C3(c4cccc1c42)c1c(cc(C(C)(C)C)cc1C(C)(C)C)-c1cc(C(C)(C)C)cc(C(C)(C)C)c13.[Pt]. The molecule has 0 bridgehead atoms. The van der Waals surface area contributed by atoms with E-state index in [9.17, 15) is 0 Å². The number of hydrogen-bond acceptors (Lipinski definition) is 4. The van der Waals surface area contributed by atoms with Crippen LogP contribution in [-0.4, -0.2) is 16.8 Å². The molecule has 0 N–H and O–H groups in total. The van der Waals surface area contributed by atoms with Gasteiger partial charge in [-0.25, -0.2) is 0 Å². The average molecular weight is 1020 g/mol. The van der Waals surface area contributed by atoms with Crippen molar-refractivity contribution in [2.24, 2.45) is 0 Å². The molecular formula is C58H59N4OPt-3. The van der Waals surface area contributed by atoms with Gasteiger partial charge in [0.1, 0.15) is 0 Å². The first kappa shape index (κ1) is 43.8. The molecule has 5 nitrogen and oxygen atoms in total. The molecule has 0 fully saturated rings. The van der Waals surface area contributed by atoms with Gasteiger partial charge in [0.25, 0.3) is 0 Å². The van der Waals surface area contributed by atoms with Gasteiger partial charge < -0.3 is 14.5 Å². The molecule has 0 unspecified atom stereocenters. The molecular weight excluding hydrogens is 964 g/mol. The number of ether oxygens (including phenoxy) is 1. The van der Waals surface area contributed by atoms with Gasteiger partial charge in [-0.2, -0.15) is 23.9 Å². The summed E-state index contributed by atoms with van der Waals surface area (Å²) in [5, 5.41) is 4.69. The van der Waals surface area contributed by atoms with Crippen LogP contribution >= 0.6 is 0 Å². The Balaban J connectivity index is 0.00000518. The van der Waals surface area contributed by atoms with Crippen LogP contribution in [0.15, 0.2) is 116 Å². The fourth-order valence-electron chi connectivity index (χ4n) is 10.2. The summed E-state index contributed by atoms with van der Waals surface area (Å²) in [6.07, 6.45) is 3.93. The van der Waals surface area contributed by atoms with E-state index in [2.05, 4.69) is 185 Å². The van der Waals surface area contributed by atoms with Gasteiger partial charge >= 0.3 is 0 Å². The van der Waals surface area contributed by atoms with E-state index in [0.29, 0.717) is 11.5 Å². The number of nitrogens with zero attached hydrogens (tertiary/aromatic N) is 4. The topological polar surface area (TPSA) is 33.5 Å². The number of aromatic nitrogens is 2. The fourth-order valence-corrected chi connectivity index (χ4v) is 10.2. The van der Waals surface area contributed by atoms with Crippen molar-refractivity contribution in [1.82, 2.24) is 9.78 Å². The van der Waals surface area contributed by atoms with Gasteiger partial charge in [0, 0.05) is 61.1 Å². The summed E-state index contributed by atoms with van der Waals surface area (Å²) < 4.78 is 8.62. The molecule has 0 saturated carbocycles. The van der Waals surface area contributed by atoms with Crippen LogP contribution in [-0.2, 0) is 48.1 Å². The smallest absolute Gasteiger partial charge is 0.0571 e. The Labute approximate surface area is 395 Å². The van der Waals surface area contributed by atoms with E-state index < -0.39 is 5.41 Å². The van der Waals surface area contributed by atoms with Crippen LogP contribution in [0.25, 0.3) is 27.9 Å². The summed E-state index contributed by atoms with van der Waals surface area (Å²) in [4.78, 5) is 4.61. The third-order valence-electron chi connectivity index (χ3n) is 13.4. The first-order valence-electron chi connectivity index (χ1n) is 22.4. The van der Waals surface area contributed by atoms with Crippen molar-refractivity contribution in [2.75, 3.05) is 16.8 Å². The number of fused-ring (bicyclic) bond motifs is 9. The van der Waals surface area contributed by atoms with Crippen molar-refractivity contribution in [3.63, 3.8) is 0 Å². The average Bonchev–Trinajstić information content (AvgIpc) is 3.93. The van der Waals surface area contributed by atoms with Crippen LogP contribution in [0.5, 0.6) is 11.5 Å². The first-order chi connectivity index (χ1) is 29.7. The summed E-state index contributed by atoms with van der Waals surface area (Å²) in [6.45, 7) is 30.7. The molecule has 0 amide bonds. The summed E-state index contributed by atoms with van der Waals surface area (Å²) >= 11 is 0. The molecule has 10 rings (SSSR count). The van der Waals surface area contributed by atoms with Crippen LogP contribution < -0.4 is 14.5 Å². The Morgan fingerprint density at radius 1 is 0.594 bits per heavy atom. The zero-order valence-corrected chi connectivity index (χ0v) is 41.8. The molecule has 3 heterocycles. The Morgan fingerprint density at radius 2 is 1.19 bits per heavy atom. The first-order valence-corrected chi connectivity index (χ1v) is 22.4. The van der Waals surface area contributed by atoms with E-state index >= 15 is 0 Å². The third-order valence-corrected chi connectivity index (χ3v) is 13.4. The second-order valence-corrected chi connectivity index (χ2v) is 22.0. The summed E-state index contributed by atoms with van der Waals surface area (Å²) in [5.74, 6) is 1.23. The van der Waals surface area contributed by atoms with Crippen molar-refractivity contribution in [3.05, 3.63) is 179 Å². The predicted molar refractivity (Wildman–Crippen MR) is 260 cm³/mol. The van der Waals surface area contributed by atoms with Gasteiger partial charge in [-0.1, -0.05) is 156 Å². The van der Waals surface area contributed by atoms with Crippen molar-refractivity contribution >= 4 is 17.1 Å². The summed E-state index contributed by atoms with van der Waals surface area (Å²) in [7, 11) is 2.16. The Kier molecular flexibility index (Phi) is 10.2. The molecule has 1 spiro atoms. The summed E-state index contributed by atoms with van der Waals surface area (Å²) in [5.41, 5.74) is 18.7. The Morgan fingerprint density at radius 3 is 1.78 bits per heavy atom. The largest absolute Gasteiger partial charge is 0.509 e. The molecule has 1 aliphatic carbocycles. The van der Waals surface area contributed by atoms with Crippen molar-refractivity contribution in [3.8, 4) is 39.4 Å². The number of hydrogen-bond donors (Lipinski definition) is 0.